The van der Waals surface area contributed by atoms with Crippen LogP contribution >= 0.6 is 0 Å². The minimum absolute atomic E-state index is 0. The van der Waals surface area contributed by atoms with Crippen LogP contribution < -0.4 is 0 Å². The first-order chi connectivity index (χ1) is 32.8. The predicted molar refractivity (Wildman–Crippen MR) is 214 cm³/mol. The summed E-state index contributed by atoms with van der Waals surface area (Å²) >= 11 is 0. The Morgan fingerprint density at radius 1 is 0.386 bits per heavy atom. The first kappa shape index (κ1) is 60.8. The summed E-state index contributed by atoms with van der Waals surface area (Å²) in [5.41, 5.74) is 9.06. The SMILES string of the molecule is C=CCO[C@@H]1OC(CO)[C@@H](O[C@@H]2OC(CO)[C@H](O[C@@H]3OC(CO)[C@H](O)C(OC4OC(CO)[C@H](O)C(O[C@@H]5OC(CO)[C@H](O)C(O)C5OC5OC(C)C(O)C(O)C5O)C4[NH-])C3O)C(O)C2O)C(O)C1O.[Ac]. The van der Waals surface area contributed by atoms with Gasteiger partial charge in [0.25, 0.3) is 0 Å². The second kappa shape index (κ2) is 26.8. The van der Waals surface area contributed by atoms with Crippen LogP contribution in [0.2, 0.25) is 0 Å². The number of hydrogen-bond acceptors (Lipinski definition) is 29. The maximum atomic E-state index is 11.6. The Kier molecular flexibility index (Phi) is 23.3. The normalized spacial score (nSPS) is 51.4. The van der Waals surface area contributed by atoms with E-state index in [1.54, 1.807) is 0 Å². The molecule has 405 valence electrons. The minimum atomic E-state index is -2.17. The number of aliphatic hydroxyl groups excluding tert-OH is 17. The fourth-order valence-corrected chi connectivity index (χ4v) is 8.74. The van der Waals surface area contributed by atoms with E-state index in [9.17, 15) is 86.8 Å². The van der Waals surface area contributed by atoms with Gasteiger partial charge in [0.1, 0.15) is 134 Å². The van der Waals surface area contributed by atoms with Crippen LogP contribution in [0.1, 0.15) is 6.92 Å². The molecule has 6 fully saturated rings. The van der Waals surface area contributed by atoms with E-state index in [1.165, 1.54) is 13.0 Å². The number of hydrogen-bond donors (Lipinski definition) is 17. The molecule has 31 heteroatoms. The van der Waals surface area contributed by atoms with Crippen molar-refractivity contribution in [2.75, 3.05) is 39.6 Å². The van der Waals surface area contributed by atoms with Gasteiger partial charge in [0.2, 0.25) is 0 Å². The maximum Gasteiger partial charge on any atom is 0.187 e. The van der Waals surface area contributed by atoms with Gasteiger partial charge >= 0.3 is 0 Å². The van der Waals surface area contributed by atoms with Crippen LogP contribution in [-0.2, 0) is 56.8 Å². The Morgan fingerprint density at radius 3 is 1.30 bits per heavy atom. The van der Waals surface area contributed by atoms with Gasteiger partial charge in [0.15, 0.2) is 31.5 Å². The average molecular weight is 1240 g/mol. The van der Waals surface area contributed by atoms with E-state index in [-0.39, 0.29) is 50.7 Å². The van der Waals surface area contributed by atoms with Crippen LogP contribution in [0.4, 0.5) is 0 Å². The Bertz CT molecular complexity index is 1580. The average Bonchev–Trinajstić information content (AvgIpc) is 3.34. The first-order valence-electron chi connectivity index (χ1n) is 22.1. The van der Waals surface area contributed by atoms with Crippen LogP contribution in [-0.4, -0.2) is 311 Å². The van der Waals surface area contributed by atoms with Crippen molar-refractivity contribution in [2.24, 2.45) is 0 Å². The summed E-state index contributed by atoms with van der Waals surface area (Å²) < 4.78 is 67.7. The summed E-state index contributed by atoms with van der Waals surface area (Å²) in [6.07, 6.45) is -51.2. The summed E-state index contributed by atoms with van der Waals surface area (Å²) in [5, 5.41) is 181. The fraction of sp³-hybridized carbons (Fsp3) is 0.949. The molecule has 30 nitrogen and oxygen atoms in total. The van der Waals surface area contributed by atoms with Gasteiger partial charge < -0.3 is 149 Å². The van der Waals surface area contributed by atoms with Crippen LogP contribution in [0.5, 0.6) is 0 Å². The molecular formula is C39H66AcNO29-. The van der Waals surface area contributed by atoms with Gasteiger partial charge in [-0.05, 0) is 6.92 Å². The second-order valence-corrected chi connectivity index (χ2v) is 17.4. The molecule has 6 aliphatic rings. The zero-order chi connectivity index (χ0) is 50.8. The first-order valence-corrected chi connectivity index (χ1v) is 22.1. The van der Waals surface area contributed by atoms with Crippen molar-refractivity contribution < 1.29 is 188 Å². The molecule has 0 amide bonds. The molecule has 30 atom stereocenters. The number of nitrogens with one attached hydrogen (secondary N) is 1. The minimum Gasteiger partial charge on any atom is -0.668 e. The largest absolute Gasteiger partial charge is 0.668 e. The van der Waals surface area contributed by atoms with Gasteiger partial charge in [-0.2, -0.15) is 0 Å². The molecule has 1 radical (unpaired) electrons. The van der Waals surface area contributed by atoms with Gasteiger partial charge in [0.05, 0.1) is 51.8 Å². The number of ether oxygens (including phenoxy) is 12. The summed E-state index contributed by atoms with van der Waals surface area (Å²) in [4.78, 5) is 0. The molecule has 6 heterocycles. The summed E-state index contributed by atoms with van der Waals surface area (Å²) in [6, 6.07) is -1.98. The Balaban J connectivity index is 0.00000913. The zero-order valence-corrected chi connectivity index (χ0v) is 42.2. The Hall–Kier alpha value is -0.0184. The molecule has 0 aromatic heterocycles. The third kappa shape index (κ3) is 12.9. The van der Waals surface area contributed by atoms with Crippen molar-refractivity contribution in [2.45, 2.75) is 191 Å². The van der Waals surface area contributed by atoms with Crippen LogP contribution in [0, 0.1) is 44.1 Å². The summed E-state index contributed by atoms with van der Waals surface area (Å²) in [7, 11) is 0. The van der Waals surface area contributed by atoms with Gasteiger partial charge in [-0.25, -0.2) is 0 Å². The fourth-order valence-electron chi connectivity index (χ4n) is 8.74. The molecule has 0 spiro atoms. The van der Waals surface area contributed by atoms with Crippen molar-refractivity contribution in [3.63, 3.8) is 0 Å². The van der Waals surface area contributed by atoms with E-state index < -0.39 is 217 Å². The smallest absolute Gasteiger partial charge is 0.187 e. The topological polar surface area (TPSA) is 478 Å². The van der Waals surface area contributed by atoms with Crippen LogP contribution in [0.15, 0.2) is 12.7 Å². The van der Waals surface area contributed by atoms with Gasteiger partial charge in [-0.15, -0.1) is 6.58 Å². The molecular weight excluding hydrogens is 1170 g/mol. The summed E-state index contributed by atoms with van der Waals surface area (Å²) in [6.45, 7) is 0.0177. The van der Waals surface area contributed by atoms with E-state index in [2.05, 4.69) is 6.58 Å². The zero-order valence-electron chi connectivity index (χ0n) is 37.4. The monoisotopic (exact) mass is 1240 g/mol. The molecule has 0 saturated carbocycles. The van der Waals surface area contributed by atoms with E-state index >= 15 is 0 Å². The standard InChI is InChI=1S/C39H66NO29.Ac/c1-3-4-58-35-26(55)23(52)29(14(8-44)63-35)65-37-27(56)24(53)30(15(9-45)64-37)66-38-28(57)32(20(49)13(7-43)61-38)68-34-16(40)31(19(48)12(6-42)60-34)67-39-33(22(51)18(47)11(5-41)62-39)69-36-25(54)21(50)17(46)10(2)59-36;/h3,10-57H,1,4-9H2,2H3;/q-1;/t10?,11?,12?,13?,14?,15?,16?,17?,18-,19-,20-,21?,22?,23?,24?,25?,26?,27?,28?,29+,30-,31?,32?,33?,34?,35+,36?,37-,38-,39-;/m0./s1. The third-order valence-electron chi connectivity index (χ3n) is 12.8. The predicted octanol–water partition coefficient (Wildman–Crippen LogP) is -10.8. The molecule has 21 unspecified atom stereocenters. The molecule has 0 aromatic rings. The van der Waals surface area contributed by atoms with Crippen molar-refractivity contribution in [1.82, 2.24) is 0 Å². The van der Waals surface area contributed by atoms with Crippen LogP contribution in [0.25, 0.3) is 5.73 Å². The molecule has 0 aromatic carbocycles. The Morgan fingerprint density at radius 2 is 0.757 bits per heavy atom. The molecule has 70 heavy (non-hydrogen) atoms. The maximum absolute atomic E-state index is 11.6. The molecule has 0 aliphatic carbocycles. The van der Waals surface area contributed by atoms with E-state index in [4.69, 9.17) is 62.6 Å². The van der Waals surface area contributed by atoms with Crippen molar-refractivity contribution in [1.29, 1.82) is 0 Å². The molecule has 18 N–H and O–H groups in total. The number of rotatable bonds is 18. The quantitative estimate of drug-likeness (QED) is 0.0567. The van der Waals surface area contributed by atoms with E-state index in [0.717, 1.165) is 0 Å². The van der Waals surface area contributed by atoms with Crippen molar-refractivity contribution >= 4 is 0 Å². The van der Waals surface area contributed by atoms with E-state index in [0.29, 0.717) is 0 Å². The Labute approximate surface area is 434 Å². The van der Waals surface area contributed by atoms with Gasteiger partial charge in [-0.1, -0.05) is 12.1 Å². The molecule has 6 rings (SSSR count). The number of aliphatic hydroxyl groups is 17. The van der Waals surface area contributed by atoms with Gasteiger partial charge in [0, 0.05) is 44.1 Å². The molecule has 6 saturated heterocycles. The summed E-state index contributed by atoms with van der Waals surface area (Å²) in [5.74, 6) is 0. The molecule has 6 aliphatic heterocycles. The molecule has 0 bridgehead atoms. The second-order valence-electron chi connectivity index (χ2n) is 17.4. The van der Waals surface area contributed by atoms with Crippen molar-refractivity contribution in [3.05, 3.63) is 18.4 Å². The van der Waals surface area contributed by atoms with E-state index in [1.807, 2.05) is 0 Å². The van der Waals surface area contributed by atoms with Crippen LogP contribution in [0.3, 0.4) is 0 Å². The van der Waals surface area contributed by atoms with Crippen molar-refractivity contribution in [3.8, 4) is 0 Å². The van der Waals surface area contributed by atoms with Gasteiger partial charge in [-0.3, -0.25) is 0 Å². The third-order valence-corrected chi connectivity index (χ3v) is 12.8.